The third-order valence-corrected chi connectivity index (χ3v) is 8.56. The number of alkyl halides is 4. The van der Waals surface area contributed by atoms with E-state index in [1.165, 1.54) is 19.9 Å². The van der Waals surface area contributed by atoms with E-state index in [0.29, 0.717) is 26.1 Å². The fourth-order valence-electron chi connectivity index (χ4n) is 5.33. The lowest BCUT2D eigenvalue weighted by Crippen LogP contribution is -2.54. The van der Waals surface area contributed by atoms with E-state index in [1.54, 1.807) is 0 Å². The molecule has 222 valence electrons. The van der Waals surface area contributed by atoms with Crippen LogP contribution in [0.15, 0.2) is 24.3 Å². The molecule has 2 aromatic rings. The molecule has 0 aliphatic carbocycles. The predicted octanol–water partition coefficient (Wildman–Crippen LogP) is 5.22. The first-order valence-corrected chi connectivity index (χ1v) is 14.6. The number of nitrogens with one attached hydrogen (secondary N) is 2. The minimum atomic E-state index is -4.72. The fourth-order valence-corrected chi connectivity index (χ4v) is 5.97. The van der Waals surface area contributed by atoms with Crippen molar-refractivity contribution in [3.8, 4) is 0 Å². The Labute approximate surface area is 228 Å². The number of fused-ring (bicyclic) bond motifs is 1. The van der Waals surface area contributed by atoms with Gasteiger partial charge in [0.05, 0.1) is 36.7 Å². The summed E-state index contributed by atoms with van der Waals surface area (Å²) in [6.45, 7) is 2.44. The molecular formula is C26H31F7N4O2S. The third-order valence-electron chi connectivity index (χ3n) is 7.27. The van der Waals surface area contributed by atoms with E-state index in [0.717, 1.165) is 23.1 Å². The lowest BCUT2D eigenvalue weighted by Gasteiger charge is -2.43. The van der Waals surface area contributed by atoms with Crippen molar-refractivity contribution < 1.29 is 39.2 Å². The van der Waals surface area contributed by atoms with Gasteiger partial charge in [0.25, 0.3) is 0 Å². The van der Waals surface area contributed by atoms with Crippen molar-refractivity contribution in [1.29, 1.82) is 0 Å². The van der Waals surface area contributed by atoms with E-state index >= 15 is 13.2 Å². The van der Waals surface area contributed by atoms with Crippen molar-refractivity contribution in [3.05, 3.63) is 58.4 Å². The van der Waals surface area contributed by atoms with Crippen LogP contribution in [-0.2, 0) is 16.4 Å². The second-order valence-electron chi connectivity index (χ2n) is 10.2. The van der Waals surface area contributed by atoms with E-state index in [-0.39, 0.29) is 35.0 Å². The summed E-state index contributed by atoms with van der Waals surface area (Å²) in [4.78, 5) is 2.85. The van der Waals surface area contributed by atoms with E-state index < -0.39 is 70.2 Å². The maximum atomic E-state index is 15.6. The number of benzene rings is 2. The Morgan fingerprint density at radius 1 is 1.07 bits per heavy atom. The lowest BCUT2D eigenvalue weighted by atomic mass is 9.84. The van der Waals surface area contributed by atoms with Crippen LogP contribution in [0.4, 0.5) is 42.1 Å². The zero-order valence-electron chi connectivity index (χ0n) is 22.0. The van der Waals surface area contributed by atoms with E-state index in [9.17, 15) is 26.0 Å². The average molecular weight is 597 g/mol. The van der Waals surface area contributed by atoms with Crippen LogP contribution in [0.5, 0.6) is 0 Å². The summed E-state index contributed by atoms with van der Waals surface area (Å²) in [7, 11) is -3.87. The molecule has 0 saturated carbocycles. The van der Waals surface area contributed by atoms with Crippen LogP contribution in [0.1, 0.15) is 43.0 Å². The monoisotopic (exact) mass is 596 g/mol. The molecule has 0 radical (unpaired) electrons. The normalized spacial score (nSPS) is 20.7. The van der Waals surface area contributed by atoms with E-state index in [1.807, 2.05) is 4.90 Å². The Hall–Kier alpha value is -2.58. The van der Waals surface area contributed by atoms with Gasteiger partial charge < -0.3 is 5.32 Å². The molecule has 2 aromatic carbocycles. The highest BCUT2D eigenvalue weighted by Crippen LogP contribution is 2.44. The molecule has 2 N–H and O–H groups in total. The highest BCUT2D eigenvalue weighted by atomic mass is 32.2. The first kappa shape index (κ1) is 30.4. The van der Waals surface area contributed by atoms with Gasteiger partial charge in [0.15, 0.2) is 5.82 Å². The first-order valence-electron chi connectivity index (χ1n) is 12.9. The number of likely N-dealkylation sites (tertiary alicyclic amines) is 1. The molecule has 0 unspecified atom stereocenters. The van der Waals surface area contributed by atoms with Gasteiger partial charge in [-0.2, -0.15) is 13.2 Å². The molecule has 0 aromatic heterocycles. The Morgan fingerprint density at radius 3 is 2.30 bits per heavy atom. The van der Waals surface area contributed by atoms with E-state index in [4.69, 9.17) is 0 Å². The molecule has 0 amide bonds. The van der Waals surface area contributed by atoms with Crippen molar-refractivity contribution in [3.63, 3.8) is 0 Å². The Kier molecular flexibility index (Phi) is 8.91. The molecule has 0 bridgehead atoms. The molecule has 2 aliphatic rings. The molecule has 40 heavy (non-hydrogen) atoms. The first-order chi connectivity index (χ1) is 18.7. The number of hydrogen-bond acceptors (Lipinski definition) is 5. The summed E-state index contributed by atoms with van der Waals surface area (Å²) in [5.74, 6) is -3.55. The minimum absolute atomic E-state index is 0.0831. The summed E-state index contributed by atoms with van der Waals surface area (Å²) in [5.41, 5.74) is -1.16. The number of rotatable bonds is 10. The van der Waals surface area contributed by atoms with Crippen LogP contribution in [0.25, 0.3) is 0 Å². The minimum Gasteiger partial charge on any atom is -0.380 e. The standard InChI is InChI=1S/C26H31F7N4O2S/c1-3-40(38,39)35-22-6-5-18-19(24(22)30)9-15(2)37(14-26(31,32)33)25(18)23-20(28)10-16(11-21(23)29)34-17-12-36(13-17)8-4-7-27/h5-6,10-11,15,17,25,34-35H,3-4,7-9,12-14H2,1-2H3/t15-,25+/m1/s1. The van der Waals surface area contributed by atoms with Gasteiger partial charge in [-0.25, -0.2) is 21.6 Å². The Morgan fingerprint density at radius 2 is 1.73 bits per heavy atom. The summed E-state index contributed by atoms with van der Waals surface area (Å²) < 4.78 is 126. The van der Waals surface area contributed by atoms with Crippen molar-refractivity contribution in [2.24, 2.45) is 0 Å². The molecule has 4 rings (SSSR count). The number of hydrogen-bond donors (Lipinski definition) is 2. The zero-order chi connectivity index (χ0) is 29.4. The molecular weight excluding hydrogens is 565 g/mol. The van der Waals surface area contributed by atoms with E-state index in [2.05, 4.69) is 10.0 Å². The van der Waals surface area contributed by atoms with Crippen LogP contribution in [0.3, 0.4) is 0 Å². The Balaban J connectivity index is 1.71. The summed E-state index contributed by atoms with van der Waals surface area (Å²) >= 11 is 0. The fraction of sp³-hybridized carbons (Fsp3) is 0.538. The molecule has 2 atom stereocenters. The number of sulfonamides is 1. The second kappa shape index (κ2) is 11.7. The van der Waals surface area contributed by atoms with Crippen molar-refractivity contribution in [1.82, 2.24) is 9.80 Å². The molecule has 2 heterocycles. The molecule has 14 heteroatoms. The summed E-state index contributed by atoms with van der Waals surface area (Å²) in [6, 6.07) is 1.49. The van der Waals surface area contributed by atoms with Gasteiger partial charge in [-0.3, -0.25) is 18.9 Å². The van der Waals surface area contributed by atoms with Crippen molar-refractivity contribution >= 4 is 21.4 Å². The highest BCUT2D eigenvalue weighted by Gasteiger charge is 2.43. The highest BCUT2D eigenvalue weighted by molar-refractivity contribution is 7.92. The van der Waals surface area contributed by atoms with Gasteiger partial charge in [0, 0.05) is 36.9 Å². The molecule has 6 nitrogen and oxygen atoms in total. The van der Waals surface area contributed by atoms with Crippen LogP contribution in [-0.4, -0.2) is 75.1 Å². The summed E-state index contributed by atoms with van der Waals surface area (Å²) in [5, 5.41) is 2.98. The SMILES string of the molecule is CCS(=O)(=O)Nc1ccc2c(c1F)C[C@@H](C)N(CC(F)(F)F)[C@@H]2c1c(F)cc(NC2CN(CCCF)C2)cc1F. The van der Waals surface area contributed by atoms with Crippen molar-refractivity contribution in [2.45, 2.75) is 51.0 Å². The summed E-state index contributed by atoms with van der Waals surface area (Å²) in [6.07, 6.45) is -4.57. The maximum Gasteiger partial charge on any atom is 0.401 e. The van der Waals surface area contributed by atoms with Crippen LogP contribution >= 0.6 is 0 Å². The van der Waals surface area contributed by atoms with Gasteiger partial charge in [0.2, 0.25) is 10.0 Å². The topological polar surface area (TPSA) is 64.7 Å². The number of anilines is 2. The smallest absolute Gasteiger partial charge is 0.380 e. The lowest BCUT2D eigenvalue weighted by molar-refractivity contribution is -0.155. The number of halogens is 7. The van der Waals surface area contributed by atoms with Gasteiger partial charge in [0.1, 0.15) is 11.6 Å². The third kappa shape index (κ3) is 6.65. The van der Waals surface area contributed by atoms with Gasteiger partial charge in [-0.1, -0.05) is 6.07 Å². The second-order valence-corrected chi connectivity index (χ2v) is 12.3. The average Bonchev–Trinajstić information content (AvgIpc) is 2.83. The van der Waals surface area contributed by atoms with Crippen LogP contribution in [0.2, 0.25) is 0 Å². The predicted molar refractivity (Wildman–Crippen MR) is 138 cm³/mol. The Bertz CT molecular complexity index is 1310. The maximum absolute atomic E-state index is 15.6. The quantitative estimate of drug-likeness (QED) is 0.369. The number of nitrogens with zero attached hydrogens (tertiary/aromatic N) is 2. The zero-order valence-corrected chi connectivity index (χ0v) is 22.8. The molecule has 1 saturated heterocycles. The molecule has 2 aliphatic heterocycles. The molecule has 0 spiro atoms. The largest absolute Gasteiger partial charge is 0.401 e. The van der Waals surface area contributed by atoms with Gasteiger partial charge in [-0.15, -0.1) is 0 Å². The van der Waals surface area contributed by atoms with Gasteiger partial charge in [-0.05, 0) is 56.0 Å². The van der Waals surface area contributed by atoms with Crippen LogP contribution in [0, 0.1) is 17.5 Å². The van der Waals surface area contributed by atoms with Gasteiger partial charge >= 0.3 is 6.18 Å². The van der Waals surface area contributed by atoms with Crippen LogP contribution < -0.4 is 10.0 Å². The van der Waals surface area contributed by atoms with Crippen molar-refractivity contribution in [2.75, 3.05) is 48.6 Å². The molecule has 1 fully saturated rings.